The van der Waals surface area contributed by atoms with Crippen molar-refractivity contribution in [2.24, 2.45) is 101 Å². The van der Waals surface area contributed by atoms with E-state index in [0.29, 0.717) is 0 Å². The van der Waals surface area contributed by atoms with E-state index in [4.69, 9.17) is 0 Å². The van der Waals surface area contributed by atoms with Crippen molar-refractivity contribution in [2.45, 2.75) is 288 Å². The lowest BCUT2D eigenvalue weighted by Gasteiger charge is -2.18. The van der Waals surface area contributed by atoms with Crippen LogP contribution in [0.2, 0.25) is 0 Å². The van der Waals surface area contributed by atoms with Gasteiger partial charge in [-0.25, -0.2) is 0 Å². The Morgan fingerprint density at radius 3 is 0.508 bits per heavy atom. The average molecular weight is 924 g/mol. The first kappa shape index (κ1) is 84.2. The van der Waals surface area contributed by atoms with Gasteiger partial charge in [0.05, 0.1) is 0 Å². The Kier molecular flexibility index (Phi) is 76.9. The number of hydrogen-bond donors (Lipinski definition) is 0. The summed E-state index contributed by atoms with van der Waals surface area (Å²) in [5.74, 6) is 14.5. The highest BCUT2D eigenvalue weighted by Gasteiger charge is 2.12. The zero-order valence-electron chi connectivity index (χ0n) is 53.4. The second-order valence-electron chi connectivity index (χ2n) is 24.2. The van der Waals surface area contributed by atoms with Crippen molar-refractivity contribution in [3.05, 3.63) is 35.9 Å². The fourth-order valence-electron chi connectivity index (χ4n) is 4.78. The first-order chi connectivity index (χ1) is 29.5. The van der Waals surface area contributed by atoms with Crippen LogP contribution in [-0.2, 0) is 6.42 Å². The molecule has 0 nitrogen and oxygen atoms in total. The number of benzene rings is 1. The quantitative estimate of drug-likeness (QED) is 0.174. The van der Waals surface area contributed by atoms with Crippen molar-refractivity contribution in [3.63, 3.8) is 0 Å². The third kappa shape index (κ3) is 83.7. The largest absolute Gasteiger partial charge is 0.0656 e. The summed E-state index contributed by atoms with van der Waals surface area (Å²) < 4.78 is 0. The Morgan fingerprint density at radius 2 is 0.431 bits per heavy atom. The van der Waals surface area contributed by atoms with Gasteiger partial charge in [0.2, 0.25) is 0 Å². The summed E-state index contributed by atoms with van der Waals surface area (Å²) in [6.45, 7) is 81.2. The van der Waals surface area contributed by atoms with Crippen molar-refractivity contribution in [3.8, 4) is 0 Å². The van der Waals surface area contributed by atoms with Crippen molar-refractivity contribution in [1.29, 1.82) is 0 Å². The molecular formula is C65H142. The second kappa shape index (κ2) is 59.3. The molecule has 0 N–H and O–H groups in total. The van der Waals surface area contributed by atoms with Gasteiger partial charge in [-0.05, 0) is 113 Å². The Bertz CT molecular complexity index is 744. The zero-order chi connectivity index (χ0) is 54.2. The topological polar surface area (TPSA) is 0 Å². The van der Waals surface area contributed by atoms with Crippen LogP contribution >= 0.6 is 0 Å². The highest BCUT2D eigenvalue weighted by molar-refractivity contribution is 5.14. The minimum Gasteiger partial charge on any atom is -0.0656 e. The predicted octanol–water partition coefficient (Wildman–Crippen LogP) is 24.2. The lowest BCUT2D eigenvalue weighted by molar-refractivity contribution is 0.316. The van der Waals surface area contributed by atoms with Crippen molar-refractivity contribution in [2.75, 3.05) is 0 Å². The molecular weight excluding hydrogens is 781 g/mol. The highest BCUT2D eigenvalue weighted by Crippen LogP contribution is 2.21. The van der Waals surface area contributed by atoms with Gasteiger partial charge in [-0.15, -0.1) is 0 Å². The molecule has 402 valence electrons. The van der Waals surface area contributed by atoms with Gasteiger partial charge in [0.15, 0.2) is 0 Å². The molecule has 0 spiro atoms. The molecule has 0 aliphatic carbocycles. The molecule has 0 heterocycles. The van der Waals surface area contributed by atoms with Crippen LogP contribution < -0.4 is 0 Å². The second-order valence-corrected chi connectivity index (χ2v) is 24.2. The first-order valence-electron chi connectivity index (χ1n) is 28.6. The van der Waals surface area contributed by atoms with Crippen LogP contribution in [0.4, 0.5) is 0 Å². The van der Waals surface area contributed by atoms with Gasteiger partial charge in [-0.1, -0.05) is 312 Å². The maximum absolute atomic E-state index is 2.31. The van der Waals surface area contributed by atoms with E-state index in [0.717, 1.165) is 101 Å². The van der Waals surface area contributed by atoms with Crippen LogP contribution in [0.1, 0.15) is 287 Å². The van der Waals surface area contributed by atoms with Crippen LogP contribution in [0.3, 0.4) is 0 Å². The summed E-state index contributed by atoms with van der Waals surface area (Å²) >= 11 is 0. The molecule has 1 rings (SSSR count). The molecule has 0 fully saturated rings. The van der Waals surface area contributed by atoms with Gasteiger partial charge >= 0.3 is 0 Å². The molecule has 0 saturated carbocycles. The average Bonchev–Trinajstić information content (AvgIpc) is 3.20. The molecule has 1 aromatic rings. The van der Waals surface area contributed by atoms with E-state index in [9.17, 15) is 0 Å². The Balaban J connectivity index is -0.0000000778. The summed E-state index contributed by atoms with van der Waals surface area (Å²) in [5.41, 5.74) is 1.44. The van der Waals surface area contributed by atoms with Crippen molar-refractivity contribution < 1.29 is 0 Å². The number of aryl methyl sites for hydroxylation is 1. The molecule has 0 aliphatic rings. The Morgan fingerprint density at radius 1 is 0.277 bits per heavy atom. The molecule has 0 bridgehead atoms. The summed E-state index contributed by atoms with van der Waals surface area (Å²) in [7, 11) is 0. The smallest absolute Gasteiger partial charge is 0.0281 e. The SMILES string of the molecule is CC(C)C.CC(C)C(C)C(C)C.CC(C)C(C)C(C)C.CC(C)C(C)C(C)C.CC(C)C(C)C(C)C.CC(C)C(C)C(C)C.CCC.CCC(C)C.CCCC.CCCc1ccccc1. The lowest BCUT2D eigenvalue weighted by atomic mass is 9.88. The molecule has 0 amide bonds. The monoisotopic (exact) mass is 923 g/mol. The summed E-state index contributed by atoms with van der Waals surface area (Å²) in [4.78, 5) is 0. The molecule has 0 saturated heterocycles. The number of rotatable bonds is 14. The highest BCUT2D eigenvalue weighted by atomic mass is 14.2. The van der Waals surface area contributed by atoms with Gasteiger partial charge in [0.1, 0.15) is 0 Å². The van der Waals surface area contributed by atoms with Crippen LogP contribution in [0.25, 0.3) is 0 Å². The van der Waals surface area contributed by atoms with Gasteiger partial charge in [-0.2, -0.15) is 0 Å². The molecule has 1 aromatic carbocycles. The van der Waals surface area contributed by atoms with Crippen molar-refractivity contribution in [1.82, 2.24) is 0 Å². The van der Waals surface area contributed by atoms with E-state index in [1.807, 2.05) is 0 Å². The minimum absolute atomic E-state index is 0.833. The van der Waals surface area contributed by atoms with Crippen molar-refractivity contribution >= 4 is 0 Å². The Labute approximate surface area is 422 Å². The lowest BCUT2D eigenvalue weighted by Crippen LogP contribution is -2.10. The van der Waals surface area contributed by atoms with E-state index >= 15 is 0 Å². The Hall–Kier alpha value is -0.780. The van der Waals surface area contributed by atoms with Crippen LogP contribution in [0.5, 0.6) is 0 Å². The normalized spacial score (nSPS) is 10.7. The van der Waals surface area contributed by atoms with Crippen LogP contribution in [0, 0.1) is 101 Å². The first-order valence-corrected chi connectivity index (χ1v) is 28.6. The molecule has 0 heteroatoms. The fourth-order valence-corrected chi connectivity index (χ4v) is 4.78. The number of hydrogen-bond acceptors (Lipinski definition) is 0. The van der Waals surface area contributed by atoms with Crippen LogP contribution in [-0.4, -0.2) is 0 Å². The molecule has 0 aromatic heterocycles. The van der Waals surface area contributed by atoms with E-state index < -0.39 is 0 Å². The summed E-state index contributed by atoms with van der Waals surface area (Å²) in [6.07, 6.45) is 7.64. The summed E-state index contributed by atoms with van der Waals surface area (Å²) in [5, 5.41) is 0. The maximum atomic E-state index is 2.31. The van der Waals surface area contributed by atoms with E-state index in [1.165, 1.54) is 44.1 Å². The van der Waals surface area contributed by atoms with Gasteiger partial charge in [0, 0.05) is 0 Å². The molecule has 0 atom stereocenters. The maximum Gasteiger partial charge on any atom is -0.0281 e. The van der Waals surface area contributed by atoms with E-state index in [-0.39, 0.29) is 0 Å². The predicted molar refractivity (Wildman–Crippen MR) is 317 cm³/mol. The van der Waals surface area contributed by atoms with Gasteiger partial charge < -0.3 is 0 Å². The third-order valence-corrected chi connectivity index (χ3v) is 13.2. The molecule has 0 radical (unpaired) electrons. The zero-order valence-corrected chi connectivity index (χ0v) is 53.4. The minimum atomic E-state index is 0.833. The van der Waals surface area contributed by atoms with Crippen LogP contribution in [0.15, 0.2) is 30.3 Å². The standard InChI is InChI=1S/C9H12.5C8H18.C5H12.2C4H10.C3H8/c1-2-6-9-7-4-3-5-8-9;5*1-6(2)8(5)7(3)4;1-4-5(2)3;1-4(2)3;1-3-4-2;1-3-2/h3-5,7-8H,2,6H2,1H3;5*6-8H,1-5H3;5H,4H2,1-3H3;4H,1-3H3;3-4H2,1-2H3;3H2,1-2H3. The summed E-state index contributed by atoms with van der Waals surface area (Å²) in [6, 6.07) is 10.6. The van der Waals surface area contributed by atoms with Gasteiger partial charge in [0.25, 0.3) is 0 Å². The fraction of sp³-hybridized carbons (Fsp3) is 0.908. The van der Waals surface area contributed by atoms with E-state index in [1.54, 1.807) is 0 Å². The number of unbranched alkanes of at least 4 members (excludes halogenated alkanes) is 1. The molecule has 0 aliphatic heterocycles. The third-order valence-electron chi connectivity index (χ3n) is 13.2. The molecule has 65 heavy (non-hydrogen) atoms. The van der Waals surface area contributed by atoms with Gasteiger partial charge in [-0.3, -0.25) is 0 Å². The van der Waals surface area contributed by atoms with E-state index in [2.05, 4.69) is 280 Å². The molecule has 0 unspecified atom stereocenters.